The van der Waals surface area contributed by atoms with Gasteiger partial charge in [0.15, 0.2) is 0 Å². The molecule has 4 heteroatoms. The predicted octanol–water partition coefficient (Wildman–Crippen LogP) is 2.31. The largest absolute Gasteiger partial charge is 0.360 e. The van der Waals surface area contributed by atoms with Crippen LogP contribution in [0.2, 0.25) is 5.02 Å². The molecule has 2 nitrogen and oxygen atoms in total. The van der Waals surface area contributed by atoms with Gasteiger partial charge in [-0.15, -0.1) is 0 Å². The van der Waals surface area contributed by atoms with Crippen molar-refractivity contribution in [2.45, 2.75) is 6.54 Å². The zero-order chi connectivity index (χ0) is 13.1. The molecule has 1 aromatic heterocycles. The number of quaternary nitrogens is 1. The molecule has 1 aliphatic heterocycles. The van der Waals surface area contributed by atoms with E-state index in [9.17, 15) is 0 Å². The van der Waals surface area contributed by atoms with Gasteiger partial charge in [0, 0.05) is 16.3 Å². The summed E-state index contributed by atoms with van der Waals surface area (Å²) in [6.07, 6.45) is 0. The van der Waals surface area contributed by atoms with E-state index in [-0.39, 0.29) is 0 Å². The number of piperazine rings is 1. The normalized spacial score (nSPS) is 16.8. The fourth-order valence-corrected chi connectivity index (χ4v) is 3.47. The molecule has 0 amide bonds. The summed E-state index contributed by atoms with van der Waals surface area (Å²) < 4.78 is 0. The lowest BCUT2D eigenvalue weighted by atomic mass is 10.2. The van der Waals surface area contributed by atoms with Crippen LogP contribution in [0.1, 0.15) is 5.56 Å². The number of nitrogens with zero attached hydrogens (tertiary/aromatic N) is 1. The Kier molecular flexibility index (Phi) is 4.06. The molecule has 1 aliphatic rings. The van der Waals surface area contributed by atoms with E-state index in [2.05, 4.69) is 33.9 Å². The predicted molar refractivity (Wildman–Crippen MR) is 82.4 cm³/mol. The molecule has 1 aromatic carbocycles. The molecule has 0 radical (unpaired) electrons. The Labute approximate surface area is 123 Å². The number of thiophene rings is 1. The molecule has 0 aliphatic carbocycles. The highest BCUT2D eigenvalue weighted by Crippen LogP contribution is 2.19. The SMILES string of the molecule is Clc1cccc(N2CC[NH+](Cc3ccsc3)CC2)c1. The van der Waals surface area contributed by atoms with Crippen molar-refractivity contribution < 1.29 is 4.90 Å². The molecule has 0 bridgehead atoms. The summed E-state index contributed by atoms with van der Waals surface area (Å²) in [5.41, 5.74) is 2.72. The highest BCUT2D eigenvalue weighted by Gasteiger charge is 2.20. The van der Waals surface area contributed by atoms with Crippen LogP contribution in [0.4, 0.5) is 5.69 Å². The Hall–Kier alpha value is -1.03. The number of nitrogens with one attached hydrogen (secondary N) is 1. The quantitative estimate of drug-likeness (QED) is 0.912. The highest BCUT2D eigenvalue weighted by molar-refractivity contribution is 7.07. The van der Waals surface area contributed by atoms with Gasteiger partial charge in [0.1, 0.15) is 6.54 Å². The summed E-state index contributed by atoms with van der Waals surface area (Å²) in [5, 5.41) is 5.25. The summed E-state index contributed by atoms with van der Waals surface area (Å²) in [6.45, 7) is 5.78. The lowest BCUT2D eigenvalue weighted by molar-refractivity contribution is -0.914. The third-order valence-corrected chi connectivity index (χ3v) is 4.65. The summed E-state index contributed by atoms with van der Waals surface area (Å²) in [4.78, 5) is 4.11. The van der Waals surface area contributed by atoms with E-state index < -0.39 is 0 Å². The van der Waals surface area contributed by atoms with Gasteiger partial charge in [-0.05, 0) is 35.0 Å². The van der Waals surface area contributed by atoms with Crippen molar-refractivity contribution in [1.29, 1.82) is 0 Å². The first kappa shape index (κ1) is 13.0. The van der Waals surface area contributed by atoms with Gasteiger partial charge in [-0.3, -0.25) is 0 Å². The minimum absolute atomic E-state index is 0.825. The molecule has 2 heterocycles. The van der Waals surface area contributed by atoms with Crippen molar-refractivity contribution >= 4 is 28.6 Å². The molecule has 1 fully saturated rings. The Bertz CT molecular complexity index is 519. The van der Waals surface area contributed by atoms with Gasteiger partial charge >= 0.3 is 0 Å². The van der Waals surface area contributed by atoms with E-state index in [4.69, 9.17) is 11.6 Å². The summed E-state index contributed by atoms with van der Waals surface area (Å²) in [7, 11) is 0. The second kappa shape index (κ2) is 5.95. The average Bonchev–Trinajstić information content (AvgIpc) is 2.92. The van der Waals surface area contributed by atoms with Crippen LogP contribution in [0.5, 0.6) is 0 Å². The Balaban J connectivity index is 1.57. The second-order valence-electron chi connectivity index (χ2n) is 5.03. The van der Waals surface area contributed by atoms with Crippen molar-refractivity contribution in [1.82, 2.24) is 0 Å². The zero-order valence-corrected chi connectivity index (χ0v) is 12.4. The topological polar surface area (TPSA) is 7.68 Å². The molecule has 3 rings (SSSR count). The highest BCUT2D eigenvalue weighted by atomic mass is 35.5. The molecule has 0 atom stereocenters. The van der Waals surface area contributed by atoms with Crippen LogP contribution in [0, 0.1) is 0 Å². The molecule has 19 heavy (non-hydrogen) atoms. The van der Waals surface area contributed by atoms with E-state index in [1.807, 2.05) is 12.1 Å². The number of hydrogen-bond donors (Lipinski definition) is 1. The standard InChI is InChI=1S/C15H17ClN2S/c16-14-2-1-3-15(10-14)18-7-5-17(6-8-18)11-13-4-9-19-12-13/h1-4,9-10,12H,5-8,11H2/p+1. The maximum absolute atomic E-state index is 6.06. The number of hydrogen-bond acceptors (Lipinski definition) is 2. The maximum Gasteiger partial charge on any atom is 0.104 e. The van der Waals surface area contributed by atoms with Gasteiger partial charge in [-0.25, -0.2) is 0 Å². The van der Waals surface area contributed by atoms with Crippen molar-refractivity contribution in [3.63, 3.8) is 0 Å². The van der Waals surface area contributed by atoms with Gasteiger partial charge in [-0.2, -0.15) is 11.3 Å². The Morgan fingerprint density at radius 2 is 2.05 bits per heavy atom. The van der Waals surface area contributed by atoms with Crippen molar-refractivity contribution in [2.24, 2.45) is 0 Å². The molecule has 1 N–H and O–H groups in total. The minimum Gasteiger partial charge on any atom is -0.360 e. The first-order chi connectivity index (χ1) is 9.31. The summed E-state index contributed by atoms with van der Waals surface area (Å²) >= 11 is 7.85. The Morgan fingerprint density at radius 3 is 2.74 bits per heavy atom. The average molecular weight is 294 g/mol. The van der Waals surface area contributed by atoms with Crippen LogP contribution in [0.3, 0.4) is 0 Å². The molecule has 1 saturated heterocycles. The van der Waals surface area contributed by atoms with Gasteiger partial charge in [0.2, 0.25) is 0 Å². The number of halogens is 1. The molecule has 0 saturated carbocycles. The van der Waals surface area contributed by atoms with Crippen LogP contribution in [-0.4, -0.2) is 26.2 Å². The molecule has 0 unspecified atom stereocenters. The summed E-state index contributed by atoms with van der Waals surface area (Å²) in [6, 6.07) is 10.4. The van der Waals surface area contributed by atoms with Gasteiger partial charge in [0.25, 0.3) is 0 Å². The van der Waals surface area contributed by atoms with Crippen LogP contribution < -0.4 is 9.80 Å². The molecule has 0 spiro atoms. The molecular formula is C15H18ClN2S+. The lowest BCUT2D eigenvalue weighted by Crippen LogP contribution is -3.13. The van der Waals surface area contributed by atoms with Crippen molar-refractivity contribution in [2.75, 3.05) is 31.1 Å². The zero-order valence-electron chi connectivity index (χ0n) is 10.8. The van der Waals surface area contributed by atoms with Crippen LogP contribution in [0.25, 0.3) is 0 Å². The van der Waals surface area contributed by atoms with E-state index in [0.717, 1.165) is 24.7 Å². The smallest absolute Gasteiger partial charge is 0.104 e. The molecule has 100 valence electrons. The number of benzene rings is 1. The fourth-order valence-electron chi connectivity index (χ4n) is 2.61. The third kappa shape index (κ3) is 3.30. The lowest BCUT2D eigenvalue weighted by Gasteiger charge is -2.33. The second-order valence-corrected chi connectivity index (χ2v) is 6.24. The monoisotopic (exact) mass is 293 g/mol. The summed E-state index contributed by atoms with van der Waals surface area (Å²) in [5.74, 6) is 0. The van der Waals surface area contributed by atoms with Gasteiger partial charge in [0.05, 0.1) is 26.2 Å². The molecule has 2 aromatic rings. The first-order valence-electron chi connectivity index (χ1n) is 6.66. The minimum atomic E-state index is 0.825. The van der Waals surface area contributed by atoms with Gasteiger partial charge in [-0.1, -0.05) is 17.7 Å². The Morgan fingerprint density at radius 1 is 1.21 bits per heavy atom. The molecular weight excluding hydrogens is 276 g/mol. The first-order valence-corrected chi connectivity index (χ1v) is 7.98. The fraction of sp³-hybridized carbons (Fsp3) is 0.333. The van der Waals surface area contributed by atoms with E-state index in [1.54, 1.807) is 16.2 Å². The maximum atomic E-state index is 6.06. The van der Waals surface area contributed by atoms with Crippen molar-refractivity contribution in [3.8, 4) is 0 Å². The van der Waals surface area contributed by atoms with Crippen LogP contribution in [-0.2, 0) is 6.54 Å². The van der Waals surface area contributed by atoms with E-state index in [0.29, 0.717) is 0 Å². The van der Waals surface area contributed by atoms with E-state index >= 15 is 0 Å². The number of rotatable bonds is 3. The van der Waals surface area contributed by atoms with E-state index in [1.165, 1.54) is 24.3 Å². The third-order valence-electron chi connectivity index (χ3n) is 3.68. The van der Waals surface area contributed by atoms with Gasteiger partial charge < -0.3 is 9.80 Å². The van der Waals surface area contributed by atoms with Crippen LogP contribution >= 0.6 is 22.9 Å². The van der Waals surface area contributed by atoms with Crippen LogP contribution in [0.15, 0.2) is 41.1 Å². The van der Waals surface area contributed by atoms with Crippen molar-refractivity contribution in [3.05, 3.63) is 51.7 Å². The number of anilines is 1.